The van der Waals surface area contributed by atoms with Crippen molar-refractivity contribution in [2.45, 2.75) is 25.2 Å². The Balaban J connectivity index is 0.00000441. The van der Waals surface area contributed by atoms with Crippen LogP contribution in [0, 0.1) is 0 Å². The fraction of sp³-hybridized carbons (Fsp3) is 0.148. The maximum Gasteiger partial charge on any atom is 1.00 e. The third-order valence-electron chi connectivity index (χ3n) is 5.78. The number of amides is 1. The number of nitrogens with one attached hydrogen (secondary N) is 1. The van der Waals surface area contributed by atoms with Gasteiger partial charge in [-0.2, -0.15) is 13.5 Å². The van der Waals surface area contributed by atoms with Crippen LogP contribution in [0.5, 0.6) is 11.5 Å². The van der Waals surface area contributed by atoms with Crippen molar-refractivity contribution in [3.63, 3.8) is 0 Å². The number of fused-ring (bicyclic) bond motifs is 1. The Kier molecular flexibility index (Phi) is 10.6. The zero-order chi connectivity index (χ0) is 28.3. The van der Waals surface area contributed by atoms with Gasteiger partial charge in [0.25, 0.3) is 16.0 Å². The molecule has 0 aliphatic rings. The zero-order valence-electron chi connectivity index (χ0n) is 21.7. The number of rotatable bonds is 8. The number of halogens is 2. The third-order valence-corrected chi connectivity index (χ3v) is 7.43. The molecule has 0 spiro atoms. The van der Waals surface area contributed by atoms with E-state index < -0.39 is 21.8 Å². The molecule has 0 saturated carbocycles. The second kappa shape index (κ2) is 13.3. The molecule has 0 saturated heterocycles. The fourth-order valence-electron chi connectivity index (χ4n) is 3.97. The van der Waals surface area contributed by atoms with Crippen LogP contribution in [0.15, 0.2) is 75.8 Å². The molecule has 0 fully saturated rings. The summed E-state index contributed by atoms with van der Waals surface area (Å²) in [4.78, 5) is 12.8. The Bertz CT molecular complexity index is 1730. The van der Waals surface area contributed by atoms with E-state index in [2.05, 4.69) is 15.5 Å². The molecular formula is C27H22Cl2N3NaO6S. The monoisotopic (exact) mass is 609 g/mol. The summed E-state index contributed by atoms with van der Waals surface area (Å²) in [5, 5.41) is 25.6. The van der Waals surface area contributed by atoms with E-state index in [1.165, 1.54) is 18.2 Å². The Morgan fingerprint density at radius 2 is 1.77 bits per heavy atom. The molecule has 0 unspecified atom stereocenters. The number of carbonyl (C=O) groups is 1. The molecule has 4 aromatic carbocycles. The number of nitrogens with zero attached hydrogens (tertiary/aromatic N) is 2. The molecule has 9 nitrogen and oxygen atoms in total. The van der Waals surface area contributed by atoms with Crippen LogP contribution >= 0.6 is 23.2 Å². The van der Waals surface area contributed by atoms with Gasteiger partial charge in [-0.25, -0.2) is 0 Å². The van der Waals surface area contributed by atoms with Gasteiger partial charge in [-0.3, -0.25) is 9.35 Å². The van der Waals surface area contributed by atoms with Gasteiger partial charge in [0.1, 0.15) is 11.4 Å². The summed E-state index contributed by atoms with van der Waals surface area (Å²) in [6.45, 7) is 3.91. The molecule has 13 heteroatoms. The normalized spacial score (nSPS) is 11.4. The summed E-state index contributed by atoms with van der Waals surface area (Å²) < 4.78 is 38.3. The molecule has 0 heterocycles. The number of benzene rings is 4. The fourth-order valence-corrected chi connectivity index (χ4v) is 5.40. The molecule has 0 bridgehead atoms. The molecule has 0 aromatic heterocycles. The minimum absolute atomic E-state index is 0. The number of azo groups is 1. The molecule has 0 atom stereocenters. The van der Waals surface area contributed by atoms with Gasteiger partial charge in [0.15, 0.2) is 0 Å². The van der Waals surface area contributed by atoms with Crippen LogP contribution in [-0.4, -0.2) is 25.5 Å². The van der Waals surface area contributed by atoms with Crippen LogP contribution in [0.2, 0.25) is 10.0 Å². The minimum Gasteiger partial charge on any atom is -0.870 e. The maximum absolute atomic E-state index is 13.4. The second-order valence-corrected chi connectivity index (χ2v) is 10.4. The summed E-state index contributed by atoms with van der Waals surface area (Å²) in [6.07, 6.45) is 0.193. The van der Waals surface area contributed by atoms with E-state index in [-0.39, 0.29) is 68.4 Å². The van der Waals surface area contributed by atoms with E-state index >= 15 is 0 Å². The third kappa shape index (κ3) is 6.77. The Morgan fingerprint density at radius 3 is 2.42 bits per heavy atom. The minimum atomic E-state index is -4.50. The van der Waals surface area contributed by atoms with Gasteiger partial charge in [0.2, 0.25) is 0 Å². The van der Waals surface area contributed by atoms with Gasteiger partial charge in [-0.15, -0.1) is 5.11 Å². The van der Waals surface area contributed by atoms with Gasteiger partial charge in [0, 0.05) is 16.6 Å². The maximum atomic E-state index is 13.4. The predicted molar refractivity (Wildman–Crippen MR) is 149 cm³/mol. The van der Waals surface area contributed by atoms with Gasteiger partial charge in [-0.05, 0) is 60.7 Å². The summed E-state index contributed by atoms with van der Waals surface area (Å²) in [5.41, 5.74) is 0.334. The van der Waals surface area contributed by atoms with E-state index in [9.17, 15) is 22.9 Å². The molecule has 0 aliphatic heterocycles. The van der Waals surface area contributed by atoms with Crippen molar-refractivity contribution in [3.05, 3.63) is 81.8 Å². The molecule has 1 amide bonds. The van der Waals surface area contributed by atoms with Crippen LogP contribution in [0.4, 0.5) is 17.1 Å². The van der Waals surface area contributed by atoms with Gasteiger partial charge in [0.05, 0.1) is 27.2 Å². The topological polar surface area (TPSA) is 140 Å². The van der Waals surface area contributed by atoms with E-state index in [4.69, 9.17) is 27.9 Å². The van der Waals surface area contributed by atoms with Gasteiger partial charge >= 0.3 is 29.6 Å². The average molecular weight is 610 g/mol. The van der Waals surface area contributed by atoms with Crippen LogP contribution in [-0.2, 0) is 16.5 Å². The quantitative estimate of drug-likeness (QED) is 0.175. The summed E-state index contributed by atoms with van der Waals surface area (Å²) in [5.74, 6) is -0.885. The predicted octanol–water partition coefficient (Wildman–Crippen LogP) is 4.10. The van der Waals surface area contributed by atoms with E-state index in [1.54, 1.807) is 43.3 Å². The van der Waals surface area contributed by atoms with Crippen molar-refractivity contribution in [3.8, 4) is 11.5 Å². The second-order valence-electron chi connectivity index (χ2n) is 8.26. The molecule has 2 N–H and O–H groups in total. The SMILES string of the molecule is CCOc1ccc(NC(=O)c2cc3ccccc3c(N=Nc3ccc(S(=O)(=O)O)c(CC)c3Cl)c2[O-])cc1Cl.[Na+]. The van der Waals surface area contributed by atoms with Crippen molar-refractivity contribution in [2.75, 3.05) is 11.9 Å². The largest absolute Gasteiger partial charge is 1.00 e. The zero-order valence-corrected chi connectivity index (χ0v) is 26.1. The molecule has 4 rings (SSSR count). The Labute approximate surface area is 263 Å². The van der Waals surface area contributed by atoms with Crippen LogP contribution in [0.3, 0.4) is 0 Å². The summed E-state index contributed by atoms with van der Waals surface area (Å²) in [7, 11) is -4.50. The summed E-state index contributed by atoms with van der Waals surface area (Å²) >= 11 is 12.6. The number of ether oxygens (including phenoxy) is 1. The number of hydrogen-bond acceptors (Lipinski definition) is 7. The standard InChI is InChI=1S/C27H23Cl2N3O6S.Na/c1-3-17-23(39(35,36)37)12-10-21(24(17)29)31-32-25-18-8-6-5-7-15(18)13-19(26(25)33)27(34)30-16-9-11-22(38-4-2)20(28)14-16;/h5-14,33H,3-4H2,1-2H3,(H,30,34)(H,35,36,37);/q;+1/p-1. The van der Waals surface area contributed by atoms with E-state index in [1.807, 2.05) is 6.92 Å². The van der Waals surface area contributed by atoms with Crippen LogP contribution in [0.25, 0.3) is 10.8 Å². The smallest absolute Gasteiger partial charge is 0.870 e. The molecule has 4 aromatic rings. The molecule has 40 heavy (non-hydrogen) atoms. The van der Waals surface area contributed by atoms with E-state index in [0.29, 0.717) is 33.8 Å². The van der Waals surface area contributed by atoms with Crippen LogP contribution < -0.4 is 44.7 Å². The number of hydrogen-bond donors (Lipinski definition) is 2. The molecular weight excluding hydrogens is 588 g/mol. The first-order valence-corrected chi connectivity index (χ1v) is 13.9. The van der Waals surface area contributed by atoms with Crippen molar-refractivity contribution < 1.29 is 57.2 Å². The van der Waals surface area contributed by atoms with Crippen molar-refractivity contribution >= 4 is 67.1 Å². The first-order chi connectivity index (χ1) is 18.5. The Morgan fingerprint density at radius 1 is 1.05 bits per heavy atom. The number of anilines is 1. The first-order valence-electron chi connectivity index (χ1n) is 11.7. The van der Waals surface area contributed by atoms with Crippen molar-refractivity contribution in [2.24, 2.45) is 10.2 Å². The molecule has 0 radical (unpaired) electrons. The first kappa shape index (κ1) is 31.8. The number of carbonyl (C=O) groups excluding carboxylic acids is 1. The average Bonchev–Trinajstić information content (AvgIpc) is 2.89. The van der Waals surface area contributed by atoms with Crippen LogP contribution in [0.1, 0.15) is 29.8 Å². The van der Waals surface area contributed by atoms with Gasteiger partial charge < -0.3 is 15.2 Å². The summed E-state index contributed by atoms with van der Waals surface area (Å²) in [6, 6.07) is 15.5. The van der Waals surface area contributed by atoms with Gasteiger partial charge in [-0.1, -0.05) is 60.1 Å². The van der Waals surface area contributed by atoms with E-state index in [0.717, 1.165) is 6.07 Å². The van der Waals surface area contributed by atoms with Crippen molar-refractivity contribution in [1.82, 2.24) is 0 Å². The molecule has 202 valence electrons. The Hall–Kier alpha value is -2.70. The van der Waals surface area contributed by atoms with Crippen molar-refractivity contribution in [1.29, 1.82) is 0 Å². The molecule has 0 aliphatic carbocycles.